The molecule has 1 amide bonds. The summed E-state index contributed by atoms with van der Waals surface area (Å²) < 4.78 is 0. The number of nitrogens with zero attached hydrogens (tertiary/aromatic N) is 1. The number of aromatic amines is 1. The number of H-pyrrole nitrogens is 1. The third kappa shape index (κ3) is 4.29. The molecular weight excluding hydrogens is 384 g/mol. The number of fused-ring (bicyclic) bond motifs is 1. The van der Waals surface area contributed by atoms with Crippen LogP contribution in [0.2, 0.25) is 0 Å². The van der Waals surface area contributed by atoms with Crippen LogP contribution in [0.3, 0.4) is 0 Å². The highest BCUT2D eigenvalue weighted by molar-refractivity contribution is 6.06. The first-order valence-electron chi connectivity index (χ1n) is 10.4. The maximum absolute atomic E-state index is 13.6. The fraction of sp³-hybridized carbons (Fsp3) is 0.185. The van der Waals surface area contributed by atoms with Crippen molar-refractivity contribution in [3.63, 3.8) is 0 Å². The van der Waals surface area contributed by atoms with Crippen molar-refractivity contribution in [1.82, 2.24) is 4.98 Å². The fourth-order valence-corrected chi connectivity index (χ4v) is 3.96. The number of anilines is 1. The molecule has 1 heterocycles. The van der Waals surface area contributed by atoms with Gasteiger partial charge < -0.3 is 9.88 Å². The molecule has 0 saturated heterocycles. The van der Waals surface area contributed by atoms with Crippen molar-refractivity contribution in [2.75, 3.05) is 4.90 Å². The Hall–Kier alpha value is -3.66. The summed E-state index contributed by atoms with van der Waals surface area (Å²) in [6.45, 7) is 8.17. The highest BCUT2D eigenvalue weighted by Gasteiger charge is 2.21. The fourth-order valence-electron chi connectivity index (χ4n) is 3.96. The molecule has 0 aliphatic carbocycles. The maximum atomic E-state index is 13.6. The van der Waals surface area contributed by atoms with E-state index in [0.29, 0.717) is 11.1 Å². The van der Waals surface area contributed by atoms with Gasteiger partial charge in [-0.3, -0.25) is 9.59 Å². The van der Waals surface area contributed by atoms with Gasteiger partial charge in [-0.2, -0.15) is 0 Å². The lowest BCUT2D eigenvalue weighted by molar-refractivity contribution is 0.0985. The molecule has 0 saturated carbocycles. The first-order valence-corrected chi connectivity index (χ1v) is 10.4. The number of aromatic nitrogens is 1. The van der Waals surface area contributed by atoms with Gasteiger partial charge in [0.25, 0.3) is 11.5 Å². The molecule has 0 aliphatic heterocycles. The van der Waals surface area contributed by atoms with Crippen LogP contribution in [-0.4, -0.2) is 10.9 Å². The molecule has 31 heavy (non-hydrogen) atoms. The minimum Gasteiger partial charge on any atom is -0.322 e. The van der Waals surface area contributed by atoms with E-state index in [-0.39, 0.29) is 18.0 Å². The molecule has 1 aromatic heterocycles. The van der Waals surface area contributed by atoms with Crippen molar-refractivity contribution >= 4 is 22.5 Å². The number of rotatable bonds is 4. The first kappa shape index (κ1) is 20.6. The summed E-state index contributed by atoms with van der Waals surface area (Å²) in [5.41, 5.74) is 6.82. The first-order chi connectivity index (χ1) is 14.8. The number of aryl methyl sites for hydroxylation is 4. The molecule has 0 radical (unpaired) electrons. The van der Waals surface area contributed by atoms with Crippen molar-refractivity contribution in [3.05, 3.63) is 110 Å². The monoisotopic (exact) mass is 410 g/mol. The van der Waals surface area contributed by atoms with E-state index in [9.17, 15) is 9.59 Å². The topological polar surface area (TPSA) is 53.2 Å². The normalized spacial score (nSPS) is 11.0. The average Bonchev–Trinajstić information content (AvgIpc) is 2.72. The number of carbonyl (C=O) groups excluding carboxylic acids is 1. The Balaban J connectivity index is 1.82. The van der Waals surface area contributed by atoms with Crippen molar-refractivity contribution in [1.29, 1.82) is 0 Å². The van der Waals surface area contributed by atoms with Gasteiger partial charge in [-0.25, -0.2) is 0 Å². The van der Waals surface area contributed by atoms with E-state index in [0.717, 1.165) is 38.8 Å². The third-order valence-corrected chi connectivity index (χ3v) is 5.56. The Morgan fingerprint density at radius 2 is 1.55 bits per heavy atom. The van der Waals surface area contributed by atoms with Crippen LogP contribution in [0.1, 0.15) is 38.2 Å². The quantitative estimate of drug-likeness (QED) is 0.475. The summed E-state index contributed by atoms with van der Waals surface area (Å²) in [6.07, 6.45) is 0. The Morgan fingerprint density at radius 3 is 2.29 bits per heavy atom. The van der Waals surface area contributed by atoms with Crippen molar-refractivity contribution in [2.45, 2.75) is 34.2 Å². The molecule has 0 fully saturated rings. The number of hydrogen-bond donors (Lipinski definition) is 1. The summed E-state index contributed by atoms with van der Waals surface area (Å²) in [7, 11) is 0. The second kappa shape index (κ2) is 8.23. The minimum atomic E-state index is -0.176. The van der Waals surface area contributed by atoms with Gasteiger partial charge in [0.1, 0.15) is 0 Å². The van der Waals surface area contributed by atoms with E-state index < -0.39 is 0 Å². The number of amides is 1. The van der Waals surface area contributed by atoms with Crippen LogP contribution < -0.4 is 10.5 Å². The van der Waals surface area contributed by atoms with Gasteiger partial charge >= 0.3 is 0 Å². The van der Waals surface area contributed by atoms with Crippen molar-refractivity contribution < 1.29 is 4.79 Å². The third-order valence-electron chi connectivity index (χ3n) is 5.56. The van der Waals surface area contributed by atoms with Gasteiger partial charge in [0.2, 0.25) is 0 Å². The van der Waals surface area contributed by atoms with Crippen LogP contribution in [0.5, 0.6) is 0 Å². The van der Waals surface area contributed by atoms with Gasteiger partial charge in [-0.15, -0.1) is 0 Å². The summed E-state index contributed by atoms with van der Waals surface area (Å²) in [5, 5.41) is 0.948. The SMILES string of the molecule is Cc1cccc(C(=O)N(Cc2cc3ccc(C)cc3[nH]c2=O)c2ccc(C)cc2C)c1. The lowest BCUT2D eigenvalue weighted by Gasteiger charge is -2.25. The summed E-state index contributed by atoms with van der Waals surface area (Å²) in [4.78, 5) is 31.1. The zero-order valence-corrected chi connectivity index (χ0v) is 18.3. The molecule has 0 spiro atoms. The van der Waals surface area contributed by atoms with E-state index in [4.69, 9.17) is 0 Å². The van der Waals surface area contributed by atoms with E-state index >= 15 is 0 Å². The van der Waals surface area contributed by atoms with Gasteiger partial charge in [-0.1, -0.05) is 47.5 Å². The second-order valence-electron chi connectivity index (χ2n) is 8.27. The lowest BCUT2D eigenvalue weighted by Crippen LogP contribution is -2.33. The molecule has 4 aromatic rings. The van der Waals surface area contributed by atoms with Gasteiger partial charge in [0.15, 0.2) is 0 Å². The minimum absolute atomic E-state index is 0.126. The summed E-state index contributed by atoms with van der Waals surface area (Å²) >= 11 is 0. The molecule has 0 aliphatic rings. The van der Waals surface area contributed by atoms with Crippen molar-refractivity contribution in [2.24, 2.45) is 0 Å². The molecule has 1 N–H and O–H groups in total. The molecule has 3 aromatic carbocycles. The largest absolute Gasteiger partial charge is 0.322 e. The smallest absolute Gasteiger partial charge is 0.258 e. The molecule has 4 heteroatoms. The van der Waals surface area contributed by atoms with Crippen LogP contribution in [0.15, 0.2) is 71.5 Å². The highest BCUT2D eigenvalue weighted by Crippen LogP contribution is 2.25. The van der Waals surface area contributed by atoms with Crippen LogP contribution in [0.4, 0.5) is 5.69 Å². The number of hydrogen-bond acceptors (Lipinski definition) is 2. The number of pyridine rings is 1. The molecule has 0 atom stereocenters. The molecule has 4 nitrogen and oxygen atoms in total. The van der Waals surface area contributed by atoms with E-state index in [2.05, 4.69) is 11.1 Å². The predicted molar refractivity (Wildman–Crippen MR) is 127 cm³/mol. The predicted octanol–water partition coefficient (Wildman–Crippen LogP) is 5.61. The van der Waals surface area contributed by atoms with Crippen LogP contribution in [-0.2, 0) is 6.54 Å². The van der Waals surface area contributed by atoms with E-state index in [1.807, 2.05) is 88.4 Å². The average molecular weight is 411 g/mol. The Labute approximate surface area is 182 Å². The van der Waals surface area contributed by atoms with Crippen LogP contribution in [0, 0.1) is 27.7 Å². The zero-order chi connectivity index (χ0) is 22.1. The lowest BCUT2D eigenvalue weighted by atomic mass is 10.1. The second-order valence-corrected chi connectivity index (χ2v) is 8.27. The zero-order valence-electron chi connectivity index (χ0n) is 18.3. The highest BCUT2D eigenvalue weighted by atomic mass is 16.2. The van der Waals surface area contributed by atoms with Gasteiger partial charge in [0.05, 0.1) is 6.54 Å². The Bertz CT molecular complexity index is 1350. The van der Waals surface area contributed by atoms with Gasteiger partial charge in [0, 0.05) is 22.3 Å². The van der Waals surface area contributed by atoms with E-state index in [1.54, 1.807) is 4.90 Å². The molecule has 156 valence electrons. The van der Waals surface area contributed by atoms with Crippen LogP contribution >= 0.6 is 0 Å². The summed E-state index contributed by atoms with van der Waals surface area (Å²) in [5.74, 6) is -0.126. The molecular formula is C27H26N2O2. The maximum Gasteiger partial charge on any atom is 0.258 e. The number of carbonyl (C=O) groups is 1. The van der Waals surface area contributed by atoms with Crippen LogP contribution in [0.25, 0.3) is 10.9 Å². The van der Waals surface area contributed by atoms with Crippen molar-refractivity contribution in [3.8, 4) is 0 Å². The number of nitrogens with one attached hydrogen (secondary N) is 1. The molecule has 4 rings (SSSR count). The summed E-state index contributed by atoms with van der Waals surface area (Å²) in [6, 6.07) is 21.4. The Kier molecular flexibility index (Phi) is 5.47. The Morgan fingerprint density at radius 1 is 0.839 bits per heavy atom. The number of benzene rings is 3. The molecule has 0 bridgehead atoms. The molecule has 0 unspecified atom stereocenters. The standard InChI is InChI=1S/C27H26N2O2/c1-17-6-5-7-22(13-17)27(31)29(25-11-9-18(2)12-20(25)4)16-23-15-21-10-8-19(3)14-24(21)28-26(23)30/h5-15H,16H2,1-4H3,(H,28,30). The van der Waals surface area contributed by atoms with Gasteiger partial charge in [-0.05, 0) is 74.5 Å². The van der Waals surface area contributed by atoms with E-state index in [1.165, 1.54) is 0 Å².